The van der Waals surface area contributed by atoms with Crippen LogP contribution in [0.4, 0.5) is 17.8 Å². The smallest absolute Gasteiger partial charge is 0.292 e. The Balaban J connectivity index is 0.736. The molecular weight excluding hydrogens is 710 g/mol. The number of nitrogen functional groups attached to an aromatic ring is 2. The number of hydrogen-bond donors (Lipinski definition) is 4. The molecule has 0 saturated carbocycles. The maximum atomic E-state index is 12.3. The third-order valence-corrected chi connectivity index (χ3v) is 9.08. The lowest BCUT2D eigenvalue weighted by Gasteiger charge is -2.34. The van der Waals surface area contributed by atoms with Crippen LogP contribution in [0.15, 0.2) is 41.3 Å². The summed E-state index contributed by atoms with van der Waals surface area (Å²) in [5.41, 5.74) is 21.8. The van der Waals surface area contributed by atoms with Gasteiger partial charge in [0.15, 0.2) is 11.2 Å². The van der Waals surface area contributed by atoms with E-state index >= 15 is 0 Å². The SMILES string of the molecule is NCc1cnc(N2CCN(CCOCCOCCOCCOCCC(=O)NCCCCn3nc(-c4ccc5oc(N)nc5c4)c4c(N)ncnc43)CC2)nc1. The summed E-state index contributed by atoms with van der Waals surface area (Å²) in [4.78, 5) is 38.5. The number of benzene rings is 1. The van der Waals surface area contributed by atoms with Gasteiger partial charge < -0.3 is 50.8 Å². The average molecular weight is 762 g/mol. The zero-order valence-corrected chi connectivity index (χ0v) is 31.1. The van der Waals surface area contributed by atoms with Gasteiger partial charge in [-0.2, -0.15) is 10.1 Å². The van der Waals surface area contributed by atoms with Crippen molar-refractivity contribution in [3.05, 3.63) is 42.5 Å². The van der Waals surface area contributed by atoms with Crippen LogP contribution < -0.4 is 27.4 Å². The molecule has 0 atom stereocenters. The van der Waals surface area contributed by atoms with Crippen molar-refractivity contribution < 1.29 is 28.2 Å². The van der Waals surface area contributed by atoms with Crippen molar-refractivity contribution >= 4 is 45.8 Å². The highest BCUT2D eigenvalue weighted by Gasteiger charge is 2.20. The van der Waals surface area contributed by atoms with Crippen LogP contribution in [0.3, 0.4) is 0 Å². The van der Waals surface area contributed by atoms with Gasteiger partial charge >= 0.3 is 0 Å². The van der Waals surface area contributed by atoms with E-state index in [1.165, 1.54) is 6.33 Å². The number of nitrogens with one attached hydrogen (secondary N) is 1. The molecule has 0 aliphatic carbocycles. The molecule has 1 aliphatic heterocycles. The predicted molar refractivity (Wildman–Crippen MR) is 206 cm³/mol. The Hall–Kier alpha value is -5.05. The maximum absolute atomic E-state index is 12.3. The molecule has 296 valence electrons. The molecule has 1 aliphatic rings. The van der Waals surface area contributed by atoms with E-state index < -0.39 is 0 Å². The van der Waals surface area contributed by atoms with Crippen LogP contribution >= 0.6 is 0 Å². The number of rotatable bonds is 23. The highest BCUT2D eigenvalue weighted by atomic mass is 16.6. The normalized spacial score (nSPS) is 13.7. The van der Waals surface area contributed by atoms with Crippen molar-refractivity contribution in [1.82, 2.24) is 44.9 Å². The molecular formula is C36H51N13O6. The first kappa shape index (κ1) is 39.6. The third kappa shape index (κ3) is 11.5. The largest absolute Gasteiger partial charge is 0.424 e. The van der Waals surface area contributed by atoms with Crippen molar-refractivity contribution in [2.24, 2.45) is 5.73 Å². The quantitative estimate of drug-likeness (QED) is 0.0684. The van der Waals surface area contributed by atoms with Crippen molar-refractivity contribution in [3.8, 4) is 11.3 Å². The van der Waals surface area contributed by atoms with Crippen LogP contribution in [0.5, 0.6) is 0 Å². The van der Waals surface area contributed by atoms with Crippen LogP contribution in [-0.2, 0) is 36.8 Å². The number of ether oxygens (including phenoxy) is 4. The maximum Gasteiger partial charge on any atom is 0.292 e. The van der Waals surface area contributed by atoms with Gasteiger partial charge in [0, 0.05) is 82.3 Å². The Morgan fingerprint density at radius 1 is 0.836 bits per heavy atom. The molecule has 5 heterocycles. The fourth-order valence-electron chi connectivity index (χ4n) is 6.09. The van der Waals surface area contributed by atoms with Crippen LogP contribution in [0.2, 0.25) is 0 Å². The molecule has 4 aromatic heterocycles. The van der Waals surface area contributed by atoms with Crippen molar-refractivity contribution in [3.63, 3.8) is 0 Å². The van der Waals surface area contributed by atoms with E-state index in [1.807, 2.05) is 16.8 Å². The van der Waals surface area contributed by atoms with E-state index in [-0.39, 0.29) is 18.3 Å². The van der Waals surface area contributed by atoms with E-state index in [2.05, 4.69) is 40.0 Å². The van der Waals surface area contributed by atoms with Crippen LogP contribution in [-0.4, -0.2) is 138 Å². The van der Waals surface area contributed by atoms with Gasteiger partial charge in [-0.3, -0.25) is 9.69 Å². The van der Waals surface area contributed by atoms with Crippen molar-refractivity contribution in [2.45, 2.75) is 32.4 Å². The summed E-state index contributed by atoms with van der Waals surface area (Å²) in [7, 11) is 0. The van der Waals surface area contributed by atoms with Gasteiger partial charge in [-0.25, -0.2) is 24.6 Å². The van der Waals surface area contributed by atoms with Crippen molar-refractivity contribution in [2.75, 3.05) is 108 Å². The highest BCUT2D eigenvalue weighted by molar-refractivity contribution is 5.99. The summed E-state index contributed by atoms with van der Waals surface area (Å²) < 4.78 is 29.6. The van der Waals surface area contributed by atoms with E-state index in [9.17, 15) is 4.79 Å². The molecule has 19 heteroatoms. The molecule has 1 aromatic carbocycles. The zero-order valence-electron chi connectivity index (χ0n) is 31.1. The topological polar surface area (TPSA) is 246 Å². The number of carbonyl (C=O) groups is 1. The molecule has 19 nitrogen and oxygen atoms in total. The standard InChI is InChI=1S/C36H51N13O6/c37-22-26-23-41-36(42-24-26)48-10-8-47(9-11-48)12-14-52-16-18-54-20-19-53-17-15-51-13-5-30(50)40-6-1-2-7-49-34-31(33(38)43-25-44-34)32(46-49)27-3-4-29-28(21-27)45-35(39)55-29/h3-4,21,23-25H,1-2,5-20,22,37H2,(H2,39,45)(H,40,50)(H2,38,43,44). The summed E-state index contributed by atoms with van der Waals surface area (Å²) in [5, 5.41) is 8.42. The van der Waals surface area contributed by atoms with Gasteiger partial charge in [-0.1, -0.05) is 0 Å². The lowest BCUT2D eigenvalue weighted by molar-refractivity contribution is -0.122. The molecule has 0 radical (unpaired) electrons. The Kier molecular flexibility index (Phi) is 14.8. The Labute approximate surface area is 318 Å². The lowest BCUT2D eigenvalue weighted by Crippen LogP contribution is -2.47. The number of piperazine rings is 1. The van der Waals surface area contributed by atoms with Gasteiger partial charge in [0.1, 0.15) is 23.4 Å². The minimum Gasteiger partial charge on any atom is -0.424 e. The lowest BCUT2D eigenvalue weighted by atomic mass is 10.1. The van der Waals surface area contributed by atoms with E-state index in [0.717, 1.165) is 62.6 Å². The number of aromatic nitrogens is 7. The van der Waals surface area contributed by atoms with Crippen molar-refractivity contribution in [1.29, 1.82) is 0 Å². The third-order valence-electron chi connectivity index (χ3n) is 9.08. The van der Waals surface area contributed by atoms with E-state index in [1.54, 1.807) is 18.5 Å². The Morgan fingerprint density at radius 2 is 1.55 bits per heavy atom. The number of nitrogens with zero attached hydrogens (tertiary/aromatic N) is 9. The molecule has 1 amide bonds. The molecule has 1 saturated heterocycles. The second-order valence-corrected chi connectivity index (χ2v) is 12.9. The number of unbranched alkanes of at least 4 members (excludes halogenated alkanes) is 1. The fraction of sp³-hybridized carbons (Fsp3) is 0.528. The Bertz CT molecular complexity index is 1930. The molecule has 5 aromatic rings. The molecule has 7 N–H and O–H groups in total. The van der Waals surface area contributed by atoms with Gasteiger partial charge in [0.25, 0.3) is 6.01 Å². The van der Waals surface area contributed by atoms with E-state index in [0.29, 0.717) is 106 Å². The van der Waals surface area contributed by atoms with Crippen LogP contribution in [0.25, 0.3) is 33.4 Å². The molecule has 0 spiro atoms. The number of hydrogen-bond acceptors (Lipinski definition) is 17. The molecule has 6 rings (SSSR count). The number of nitrogens with two attached hydrogens (primary N) is 3. The number of oxazole rings is 1. The second kappa shape index (κ2) is 20.6. The van der Waals surface area contributed by atoms with Crippen LogP contribution in [0.1, 0.15) is 24.8 Å². The van der Waals surface area contributed by atoms with Gasteiger partial charge in [-0.15, -0.1) is 0 Å². The first-order chi connectivity index (χ1) is 27.0. The minimum atomic E-state index is -0.0598. The average Bonchev–Trinajstić information content (AvgIpc) is 3.78. The zero-order chi connectivity index (χ0) is 38.2. The van der Waals surface area contributed by atoms with Crippen LogP contribution in [0, 0.1) is 0 Å². The van der Waals surface area contributed by atoms with Gasteiger partial charge in [0.2, 0.25) is 11.9 Å². The number of aryl methyl sites for hydroxylation is 1. The number of anilines is 3. The number of fused-ring (bicyclic) bond motifs is 2. The highest BCUT2D eigenvalue weighted by Crippen LogP contribution is 2.32. The first-order valence-electron chi connectivity index (χ1n) is 18.7. The fourth-order valence-corrected chi connectivity index (χ4v) is 6.09. The summed E-state index contributed by atoms with van der Waals surface area (Å²) in [6, 6.07) is 5.62. The van der Waals surface area contributed by atoms with Gasteiger partial charge in [-0.05, 0) is 31.0 Å². The molecule has 0 unspecified atom stereocenters. The predicted octanol–water partition coefficient (Wildman–Crippen LogP) is 1.22. The summed E-state index contributed by atoms with van der Waals surface area (Å²) in [5.74, 6) is 1.04. The molecule has 0 bridgehead atoms. The van der Waals surface area contributed by atoms with Gasteiger partial charge in [0.05, 0.1) is 58.2 Å². The van der Waals surface area contributed by atoms with E-state index in [4.69, 9.17) is 45.7 Å². The minimum absolute atomic E-state index is 0.0598. The number of carbonyl (C=O) groups excluding carboxylic acids is 1. The summed E-state index contributed by atoms with van der Waals surface area (Å²) in [6.45, 7) is 9.97. The second-order valence-electron chi connectivity index (χ2n) is 12.9. The summed E-state index contributed by atoms with van der Waals surface area (Å²) >= 11 is 0. The summed E-state index contributed by atoms with van der Waals surface area (Å²) in [6.07, 6.45) is 6.82. The molecule has 55 heavy (non-hydrogen) atoms. The monoisotopic (exact) mass is 761 g/mol. The molecule has 1 fully saturated rings. The Morgan fingerprint density at radius 3 is 2.27 bits per heavy atom. The first-order valence-corrected chi connectivity index (χ1v) is 18.7. The number of amides is 1.